The van der Waals surface area contributed by atoms with Gasteiger partial charge in [-0.1, -0.05) is 24.3 Å². The Kier molecular flexibility index (Phi) is 12.4. The molecule has 310 valence electrons. The first-order chi connectivity index (χ1) is 28.6. The standard InChI is InChI=1S/C45H49F2N5O6S/c1-57-44(55)29-12-9-27(10-13-29)11-16-35-37(46)22-32(23-38(35)47)48-42(54)40-36-7-2-3-8-39(36)59-43(40)50-41(53)30-6-4-5-28(21-30)24-51-25-33-14-15-34(26-51)52(33)45(56)49-31-17-19-58-20-18-31/h4-6,9-10,12-13,21-23,31,33-34H,2-3,7-8,11,14-20,24-26H2,1H3,(H,48,54)(H,49,56)(H,50,53). The van der Waals surface area contributed by atoms with Crippen LogP contribution in [0.2, 0.25) is 0 Å². The summed E-state index contributed by atoms with van der Waals surface area (Å²) < 4.78 is 40.9. The predicted octanol–water partition coefficient (Wildman–Crippen LogP) is 7.52. The van der Waals surface area contributed by atoms with Gasteiger partial charge in [-0.25, -0.2) is 18.4 Å². The number of fused-ring (bicyclic) bond motifs is 3. The fourth-order valence-corrected chi connectivity index (χ4v) is 10.3. The molecule has 1 aliphatic carbocycles. The number of methoxy groups -OCH3 is 1. The van der Waals surface area contributed by atoms with Crippen LogP contribution in [-0.4, -0.2) is 85.2 Å². The van der Waals surface area contributed by atoms with E-state index in [1.54, 1.807) is 30.3 Å². The highest BCUT2D eigenvalue weighted by Gasteiger charge is 2.43. The molecule has 2 unspecified atom stereocenters. The number of nitrogens with one attached hydrogen (secondary N) is 3. The number of piperazine rings is 1. The van der Waals surface area contributed by atoms with Gasteiger partial charge in [-0.05, 0) is 117 Å². The number of carbonyl (C=O) groups is 4. The highest BCUT2D eigenvalue weighted by atomic mass is 32.1. The van der Waals surface area contributed by atoms with Gasteiger partial charge in [0, 0.05) is 72.7 Å². The van der Waals surface area contributed by atoms with E-state index in [0.717, 1.165) is 91.7 Å². The molecule has 4 amide bonds. The van der Waals surface area contributed by atoms with E-state index in [-0.39, 0.29) is 47.7 Å². The largest absolute Gasteiger partial charge is 0.465 e. The number of hydrogen-bond donors (Lipinski definition) is 3. The van der Waals surface area contributed by atoms with Crippen molar-refractivity contribution in [2.75, 3.05) is 44.0 Å². The van der Waals surface area contributed by atoms with Gasteiger partial charge in [0.2, 0.25) is 0 Å². The van der Waals surface area contributed by atoms with E-state index in [4.69, 9.17) is 9.47 Å². The summed E-state index contributed by atoms with van der Waals surface area (Å²) in [4.78, 5) is 58.2. The Bertz CT molecular complexity index is 2190. The molecule has 3 aliphatic heterocycles. The van der Waals surface area contributed by atoms with E-state index in [2.05, 4.69) is 20.9 Å². The summed E-state index contributed by atoms with van der Waals surface area (Å²) in [5, 5.41) is 9.35. The molecule has 2 bridgehead atoms. The maximum atomic E-state index is 15.4. The van der Waals surface area contributed by atoms with E-state index < -0.39 is 23.5 Å². The molecule has 3 fully saturated rings. The molecule has 11 nitrogen and oxygen atoms in total. The van der Waals surface area contributed by atoms with Crippen LogP contribution in [-0.2, 0) is 41.7 Å². The molecule has 1 aromatic heterocycles. The number of carbonyl (C=O) groups excluding carboxylic acids is 4. The van der Waals surface area contributed by atoms with E-state index in [1.807, 2.05) is 23.1 Å². The summed E-state index contributed by atoms with van der Waals surface area (Å²) in [6, 6.07) is 16.8. The first-order valence-electron chi connectivity index (χ1n) is 20.5. The summed E-state index contributed by atoms with van der Waals surface area (Å²) in [6.07, 6.45) is 7.33. The molecule has 4 aliphatic rings. The summed E-state index contributed by atoms with van der Waals surface area (Å²) in [5.41, 5.74) is 3.66. The van der Waals surface area contributed by atoms with Crippen molar-refractivity contribution in [3.63, 3.8) is 0 Å². The Labute approximate surface area is 346 Å². The van der Waals surface area contributed by atoms with Crippen molar-refractivity contribution in [2.24, 2.45) is 0 Å². The fraction of sp³-hybridized carbons (Fsp3) is 0.422. The number of benzene rings is 3. The Morgan fingerprint density at radius 2 is 1.53 bits per heavy atom. The molecule has 3 aromatic carbocycles. The molecular weight excluding hydrogens is 777 g/mol. The smallest absolute Gasteiger partial charge is 0.337 e. The topological polar surface area (TPSA) is 129 Å². The molecule has 4 heterocycles. The first-order valence-corrected chi connectivity index (χ1v) is 21.4. The number of nitrogens with zero attached hydrogens (tertiary/aromatic N) is 2. The lowest BCUT2D eigenvalue weighted by Gasteiger charge is -2.41. The second kappa shape index (κ2) is 18.0. The minimum atomic E-state index is -0.780. The molecule has 8 rings (SSSR count). The van der Waals surface area contributed by atoms with Crippen molar-refractivity contribution < 1.29 is 37.4 Å². The molecule has 3 N–H and O–H groups in total. The van der Waals surface area contributed by atoms with Gasteiger partial charge in [0.15, 0.2) is 0 Å². The van der Waals surface area contributed by atoms with Crippen LogP contribution in [0.15, 0.2) is 60.7 Å². The third-order valence-corrected chi connectivity index (χ3v) is 13.2. The monoisotopic (exact) mass is 825 g/mol. The zero-order valence-corrected chi connectivity index (χ0v) is 33.9. The maximum Gasteiger partial charge on any atom is 0.337 e. The summed E-state index contributed by atoms with van der Waals surface area (Å²) in [5.74, 6) is -2.92. The number of aryl methyl sites for hydroxylation is 2. The Morgan fingerprint density at radius 3 is 2.24 bits per heavy atom. The molecule has 2 atom stereocenters. The second-order valence-electron chi connectivity index (χ2n) is 16.0. The van der Waals surface area contributed by atoms with E-state index in [0.29, 0.717) is 54.3 Å². The Balaban J connectivity index is 0.912. The van der Waals surface area contributed by atoms with Crippen LogP contribution in [0.25, 0.3) is 0 Å². The lowest BCUT2D eigenvalue weighted by atomic mass is 9.95. The van der Waals surface area contributed by atoms with Crippen molar-refractivity contribution in [1.82, 2.24) is 15.1 Å². The number of rotatable bonds is 11. The van der Waals surface area contributed by atoms with Gasteiger partial charge in [0.25, 0.3) is 11.8 Å². The lowest BCUT2D eigenvalue weighted by molar-refractivity contribution is 0.0599. The molecule has 0 saturated carbocycles. The van der Waals surface area contributed by atoms with Gasteiger partial charge in [-0.3, -0.25) is 14.5 Å². The first kappa shape index (κ1) is 40.6. The molecule has 0 spiro atoms. The third kappa shape index (κ3) is 9.19. The van der Waals surface area contributed by atoms with Crippen LogP contribution in [0.3, 0.4) is 0 Å². The number of esters is 1. The zero-order valence-electron chi connectivity index (χ0n) is 33.1. The predicted molar refractivity (Wildman–Crippen MR) is 221 cm³/mol. The molecular formula is C45H49F2N5O6S. The quantitative estimate of drug-likeness (QED) is 0.134. The molecule has 3 saturated heterocycles. The van der Waals surface area contributed by atoms with Gasteiger partial charge < -0.3 is 30.3 Å². The van der Waals surface area contributed by atoms with Crippen molar-refractivity contribution in [2.45, 2.75) is 88.9 Å². The highest BCUT2D eigenvalue weighted by molar-refractivity contribution is 7.17. The molecule has 59 heavy (non-hydrogen) atoms. The van der Waals surface area contributed by atoms with Gasteiger partial charge in [0.05, 0.1) is 18.2 Å². The van der Waals surface area contributed by atoms with Gasteiger partial charge in [-0.2, -0.15) is 0 Å². The van der Waals surface area contributed by atoms with Crippen LogP contribution < -0.4 is 16.0 Å². The SMILES string of the molecule is COC(=O)c1ccc(CCc2c(F)cc(NC(=O)c3c(NC(=O)c4cccc(CN5CC6CCC(C5)N6C(=O)NC5CCOCC5)c4)sc4c3CCCC4)cc2F)cc1. The summed E-state index contributed by atoms with van der Waals surface area (Å²) in [7, 11) is 1.30. The van der Waals surface area contributed by atoms with Gasteiger partial charge in [-0.15, -0.1) is 11.3 Å². The van der Waals surface area contributed by atoms with Crippen LogP contribution in [0, 0.1) is 11.6 Å². The number of urea groups is 1. The molecule has 4 aromatic rings. The van der Waals surface area contributed by atoms with Crippen LogP contribution in [0.1, 0.15) is 96.7 Å². The number of amides is 4. The average Bonchev–Trinajstić information content (AvgIpc) is 3.74. The van der Waals surface area contributed by atoms with Gasteiger partial charge >= 0.3 is 12.0 Å². The van der Waals surface area contributed by atoms with E-state index in [1.165, 1.54) is 18.4 Å². The molecule has 0 radical (unpaired) electrons. The molecule has 14 heteroatoms. The number of thiophene rings is 1. The van der Waals surface area contributed by atoms with Crippen molar-refractivity contribution in [1.29, 1.82) is 0 Å². The van der Waals surface area contributed by atoms with Crippen LogP contribution in [0.5, 0.6) is 0 Å². The minimum absolute atomic E-state index is 0.0221. The van der Waals surface area contributed by atoms with E-state index >= 15 is 8.78 Å². The third-order valence-electron chi connectivity index (χ3n) is 12.0. The number of anilines is 2. The van der Waals surface area contributed by atoms with E-state index in [9.17, 15) is 19.2 Å². The van der Waals surface area contributed by atoms with Crippen molar-refractivity contribution >= 4 is 45.8 Å². The minimum Gasteiger partial charge on any atom is -0.465 e. The number of likely N-dealkylation sites (tertiary alicyclic amines) is 1. The summed E-state index contributed by atoms with van der Waals surface area (Å²) >= 11 is 1.38. The lowest BCUT2D eigenvalue weighted by Crippen LogP contribution is -2.59. The number of ether oxygens (including phenoxy) is 2. The van der Waals surface area contributed by atoms with Crippen molar-refractivity contribution in [3.05, 3.63) is 116 Å². The zero-order chi connectivity index (χ0) is 41.0. The van der Waals surface area contributed by atoms with Crippen LogP contribution in [0.4, 0.5) is 24.3 Å². The van der Waals surface area contributed by atoms with Gasteiger partial charge in [0.1, 0.15) is 16.6 Å². The van der Waals surface area contributed by atoms with Crippen molar-refractivity contribution in [3.8, 4) is 0 Å². The normalized spacial score (nSPS) is 19.2. The average molecular weight is 826 g/mol. The van der Waals surface area contributed by atoms with Crippen LogP contribution >= 0.6 is 11.3 Å². The fourth-order valence-electron chi connectivity index (χ4n) is 8.98. The number of halogens is 2. The number of hydrogen-bond acceptors (Lipinski definition) is 8. The Hall–Kier alpha value is -5.18. The summed E-state index contributed by atoms with van der Waals surface area (Å²) in [6.45, 7) is 3.52. The highest BCUT2D eigenvalue weighted by Crippen LogP contribution is 2.39. The maximum absolute atomic E-state index is 15.4. The second-order valence-corrected chi connectivity index (χ2v) is 17.1. The Morgan fingerprint density at radius 1 is 0.814 bits per heavy atom.